The molecule has 0 bridgehead atoms. The van der Waals surface area contributed by atoms with E-state index in [1.54, 1.807) is 0 Å². The van der Waals surface area contributed by atoms with Crippen molar-refractivity contribution >= 4 is 27.4 Å². The summed E-state index contributed by atoms with van der Waals surface area (Å²) in [6.45, 7) is 1.17. The molecular weight excluding hydrogens is 259 g/mol. The minimum absolute atomic E-state index is 0. The first-order valence-corrected chi connectivity index (χ1v) is 5.34. The summed E-state index contributed by atoms with van der Waals surface area (Å²) in [6, 6.07) is 3.67. The molecule has 1 rings (SSSR count). The molecule has 0 radical (unpaired) electrons. The maximum absolute atomic E-state index is 10.9. The van der Waals surface area contributed by atoms with Crippen LogP contribution in [0.3, 0.4) is 0 Å². The van der Waals surface area contributed by atoms with Gasteiger partial charge in [-0.2, -0.15) is 8.42 Å². The number of hydrogen-bond donors (Lipinski definition) is 2. The van der Waals surface area contributed by atoms with E-state index in [-0.39, 0.29) is 62.8 Å². The Bertz CT molecular complexity index is 509. The molecule has 82 valence electrons. The van der Waals surface area contributed by atoms with Gasteiger partial charge in [-0.1, -0.05) is 0 Å². The smallest absolute Gasteiger partial charge is 0.862 e. The van der Waals surface area contributed by atoms with Crippen molar-refractivity contribution in [2.24, 2.45) is 4.99 Å². The van der Waals surface area contributed by atoms with E-state index in [0.29, 0.717) is 0 Å². The molecule has 0 unspecified atom stereocenters. The topological polar surface area (TPSA) is 116 Å². The largest absolute Gasteiger partial charge is 1.00 e. The van der Waals surface area contributed by atoms with E-state index in [4.69, 9.17) is 10.3 Å². The van der Waals surface area contributed by atoms with Gasteiger partial charge in [-0.3, -0.25) is 9.55 Å². The van der Waals surface area contributed by atoms with Crippen LogP contribution in [0.5, 0.6) is 0 Å². The Balaban J connectivity index is 0.00000225. The first kappa shape index (κ1) is 16.0. The molecule has 0 fully saturated rings. The monoisotopic (exact) mass is 268 g/mol. The van der Waals surface area contributed by atoms with Crippen LogP contribution in [0.4, 0.5) is 11.4 Å². The summed E-state index contributed by atoms with van der Waals surface area (Å²) in [4.78, 5) is 2.96. The molecule has 8 heteroatoms. The fourth-order valence-electron chi connectivity index (χ4n) is 0.999. The van der Waals surface area contributed by atoms with Crippen LogP contribution in [-0.4, -0.2) is 18.9 Å². The van der Waals surface area contributed by atoms with E-state index in [0.717, 1.165) is 6.07 Å². The summed E-state index contributed by atoms with van der Waals surface area (Å²) in [6.07, 6.45) is 0. The summed E-state index contributed by atoms with van der Waals surface area (Å²) in [7, 11) is -4.43. The normalized spacial score (nSPS) is 12.0. The molecular formula is C8H9KN2O4S. The molecule has 3 N–H and O–H groups in total. The molecule has 0 saturated heterocycles. The maximum Gasteiger partial charge on any atom is 1.00 e. The predicted molar refractivity (Wildman–Crippen MR) is 53.4 cm³/mol. The molecule has 0 aromatic heterocycles. The van der Waals surface area contributed by atoms with Crippen LogP contribution in [-0.2, 0) is 10.1 Å². The van der Waals surface area contributed by atoms with Crippen LogP contribution in [0.25, 0.3) is 0 Å². The third-order valence-corrected chi connectivity index (χ3v) is 2.42. The number of hydrogen-bond acceptors (Lipinski definition) is 5. The Morgan fingerprint density at radius 1 is 1.50 bits per heavy atom. The molecule has 0 atom stereocenters. The number of anilines is 1. The molecule has 1 aromatic rings. The van der Waals surface area contributed by atoms with Gasteiger partial charge in [0.25, 0.3) is 10.1 Å². The molecule has 0 amide bonds. The summed E-state index contributed by atoms with van der Waals surface area (Å²) in [5.41, 5.74) is 5.38. The molecule has 0 spiro atoms. The predicted octanol–water partition coefficient (Wildman–Crippen LogP) is -3.07. The summed E-state index contributed by atoms with van der Waals surface area (Å²) in [5, 5.41) is 10.7. The van der Waals surface area contributed by atoms with Gasteiger partial charge in [0.2, 0.25) is 0 Å². The zero-order chi connectivity index (χ0) is 11.6. The number of nitrogens with two attached hydrogens (primary N) is 1. The number of nitrogens with zero attached hydrogens (tertiary/aromatic N) is 1. The second-order valence-corrected chi connectivity index (χ2v) is 4.22. The summed E-state index contributed by atoms with van der Waals surface area (Å²) < 4.78 is 30.7. The van der Waals surface area contributed by atoms with Gasteiger partial charge in [0.1, 0.15) is 4.90 Å². The van der Waals surface area contributed by atoms with Gasteiger partial charge in [0, 0.05) is 5.69 Å². The first-order valence-electron chi connectivity index (χ1n) is 3.90. The molecule has 16 heavy (non-hydrogen) atoms. The molecule has 0 aliphatic carbocycles. The number of aliphatic imine (C=N–C) groups is 1. The Morgan fingerprint density at radius 3 is 2.50 bits per heavy atom. The Hall–Kier alpha value is 0.0364. The zero-order valence-electron chi connectivity index (χ0n) is 8.84. The summed E-state index contributed by atoms with van der Waals surface area (Å²) >= 11 is 0. The van der Waals surface area contributed by atoms with Gasteiger partial charge in [-0.05, 0) is 31.0 Å². The van der Waals surface area contributed by atoms with E-state index < -0.39 is 20.9 Å². The van der Waals surface area contributed by atoms with Crippen LogP contribution in [0.1, 0.15) is 6.92 Å². The molecule has 0 heterocycles. The van der Waals surface area contributed by atoms with Gasteiger partial charge < -0.3 is 10.8 Å². The third-order valence-electron chi connectivity index (χ3n) is 1.54. The van der Waals surface area contributed by atoms with Crippen LogP contribution >= 0.6 is 0 Å². The van der Waals surface area contributed by atoms with E-state index in [9.17, 15) is 13.5 Å². The number of nitrogen functional groups attached to an aromatic ring is 1. The van der Waals surface area contributed by atoms with Crippen molar-refractivity contribution in [1.82, 2.24) is 0 Å². The Kier molecular flexibility index (Phi) is 6.11. The minimum Gasteiger partial charge on any atom is -0.862 e. The number of rotatable bonds is 2. The minimum atomic E-state index is -4.43. The van der Waals surface area contributed by atoms with Crippen molar-refractivity contribution in [2.45, 2.75) is 11.8 Å². The molecule has 1 aromatic carbocycles. The second kappa shape index (κ2) is 6.10. The van der Waals surface area contributed by atoms with Gasteiger partial charge in [-0.25, -0.2) is 0 Å². The number of benzene rings is 1. The Labute approximate surface area is 136 Å². The fourth-order valence-corrected chi connectivity index (χ4v) is 1.66. The molecule has 0 aliphatic rings. The molecule has 0 aliphatic heterocycles. The van der Waals surface area contributed by atoms with Gasteiger partial charge in [0.05, 0.1) is 5.69 Å². The van der Waals surface area contributed by atoms with Crippen LogP contribution in [0, 0.1) is 0 Å². The van der Waals surface area contributed by atoms with Crippen LogP contribution in [0.2, 0.25) is 0 Å². The quantitative estimate of drug-likeness (QED) is 0.194. The molecule has 0 saturated carbocycles. The average molecular weight is 268 g/mol. The SMILES string of the molecule is CC([O-])=Nc1ccc(N)cc1S(=O)(=O)O.[K+]. The van der Waals surface area contributed by atoms with Crippen molar-refractivity contribution in [3.8, 4) is 0 Å². The zero-order valence-corrected chi connectivity index (χ0v) is 12.8. The van der Waals surface area contributed by atoms with E-state index in [1.807, 2.05) is 0 Å². The van der Waals surface area contributed by atoms with Crippen LogP contribution in [0.15, 0.2) is 28.1 Å². The van der Waals surface area contributed by atoms with E-state index >= 15 is 0 Å². The third kappa shape index (κ3) is 4.50. The van der Waals surface area contributed by atoms with E-state index in [1.165, 1.54) is 19.1 Å². The standard InChI is InChI=1S/C8H10N2O4S.K/c1-5(11)10-7-3-2-6(9)4-8(7)15(12,13)14;/h2-4H,9H2,1H3,(H,10,11)(H,12,13,14);/q;+1/p-1. The van der Waals surface area contributed by atoms with Gasteiger partial charge in [-0.15, -0.1) is 0 Å². The van der Waals surface area contributed by atoms with Crippen molar-refractivity contribution in [3.63, 3.8) is 0 Å². The van der Waals surface area contributed by atoms with Crippen molar-refractivity contribution in [2.75, 3.05) is 5.73 Å². The van der Waals surface area contributed by atoms with Crippen molar-refractivity contribution in [3.05, 3.63) is 18.2 Å². The van der Waals surface area contributed by atoms with Crippen molar-refractivity contribution < 1.29 is 69.5 Å². The summed E-state index contributed by atoms with van der Waals surface area (Å²) in [5.74, 6) is -0.565. The first-order chi connectivity index (χ1) is 6.80. The van der Waals surface area contributed by atoms with E-state index in [2.05, 4.69) is 4.99 Å². The second-order valence-electron chi connectivity index (χ2n) is 2.83. The fraction of sp³-hybridized carbons (Fsp3) is 0.125. The maximum atomic E-state index is 10.9. The van der Waals surface area contributed by atoms with Gasteiger partial charge in [0.15, 0.2) is 0 Å². The van der Waals surface area contributed by atoms with Crippen LogP contribution < -0.4 is 62.2 Å². The average Bonchev–Trinajstić information content (AvgIpc) is 2.05. The molecule has 6 nitrogen and oxygen atoms in total. The van der Waals surface area contributed by atoms with Crippen molar-refractivity contribution in [1.29, 1.82) is 0 Å². The Morgan fingerprint density at radius 2 is 2.06 bits per heavy atom. The van der Waals surface area contributed by atoms with Gasteiger partial charge >= 0.3 is 51.4 Å².